The summed E-state index contributed by atoms with van der Waals surface area (Å²) in [6.07, 6.45) is 8.21. The Morgan fingerprint density at radius 1 is 1.16 bits per heavy atom. The molecule has 4 rings (SSSR count). The summed E-state index contributed by atoms with van der Waals surface area (Å²) in [6, 6.07) is 9.30. The Hall–Kier alpha value is -3.11. The van der Waals surface area contributed by atoms with E-state index in [4.69, 9.17) is 9.26 Å². The minimum atomic E-state index is -3.62. The average molecular weight is 457 g/mol. The topological polar surface area (TPSA) is 115 Å². The second-order valence-electron chi connectivity index (χ2n) is 7.67. The van der Waals surface area contributed by atoms with Crippen molar-refractivity contribution in [1.82, 2.24) is 19.4 Å². The fraction of sp³-hybridized carbons (Fsp3) is 0.364. The maximum Gasteiger partial charge on any atom is 0.338 e. The van der Waals surface area contributed by atoms with Crippen LogP contribution in [0.5, 0.6) is 0 Å². The zero-order valence-corrected chi connectivity index (χ0v) is 18.5. The third-order valence-corrected chi connectivity index (χ3v) is 7.49. The summed E-state index contributed by atoms with van der Waals surface area (Å²) in [5.41, 5.74) is 0.917. The van der Waals surface area contributed by atoms with Crippen LogP contribution >= 0.6 is 0 Å². The first-order valence-electron chi connectivity index (χ1n) is 10.4. The van der Waals surface area contributed by atoms with Gasteiger partial charge in [-0.1, -0.05) is 24.4 Å². The van der Waals surface area contributed by atoms with Gasteiger partial charge in [-0.25, -0.2) is 13.2 Å². The van der Waals surface area contributed by atoms with Crippen LogP contribution in [0.4, 0.5) is 0 Å². The minimum Gasteiger partial charge on any atom is -0.452 e. The molecule has 32 heavy (non-hydrogen) atoms. The smallest absolute Gasteiger partial charge is 0.338 e. The molecule has 10 heteroatoms. The van der Waals surface area contributed by atoms with Crippen LogP contribution in [-0.4, -0.2) is 46.9 Å². The summed E-state index contributed by atoms with van der Waals surface area (Å²) in [5, 5.41) is 3.84. The van der Waals surface area contributed by atoms with Crippen LogP contribution in [0.3, 0.4) is 0 Å². The summed E-state index contributed by atoms with van der Waals surface area (Å²) in [7, 11) is -1.99. The van der Waals surface area contributed by atoms with Crippen molar-refractivity contribution in [1.29, 1.82) is 0 Å². The van der Waals surface area contributed by atoms with Crippen molar-refractivity contribution in [3.05, 3.63) is 60.2 Å². The molecule has 0 bridgehead atoms. The first-order valence-corrected chi connectivity index (χ1v) is 11.9. The molecule has 168 valence electrons. The predicted octanol–water partition coefficient (Wildman–Crippen LogP) is 3.44. The van der Waals surface area contributed by atoms with E-state index >= 15 is 0 Å². The van der Waals surface area contributed by atoms with Gasteiger partial charge in [-0.3, -0.25) is 4.98 Å². The monoisotopic (exact) mass is 456 g/mol. The average Bonchev–Trinajstić information content (AvgIpc) is 3.32. The van der Waals surface area contributed by atoms with E-state index in [0.717, 1.165) is 32.1 Å². The molecule has 0 N–H and O–H groups in total. The Kier molecular flexibility index (Phi) is 6.61. The van der Waals surface area contributed by atoms with Crippen molar-refractivity contribution in [2.24, 2.45) is 0 Å². The lowest BCUT2D eigenvalue weighted by atomic mass is 9.96. The minimum absolute atomic E-state index is 0.0179. The van der Waals surface area contributed by atoms with Gasteiger partial charge in [-0.05, 0) is 49.2 Å². The molecule has 3 aromatic rings. The number of rotatable bonds is 7. The molecule has 2 heterocycles. The molecule has 2 aromatic heterocycles. The summed E-state index contributed by atoms with van der Waals surface area (Å²) in [4.78, 5) is 20.7. The van der Waals surface area contributed by atoms with Crippen molar-refractivity contribution >= 4 is 16.0 Å². The third kappa shape index (κ3) is 4.86. The number of ether oxygens (including phenoxy) is 1. The molecular weight excluding hydrogens is 432 g/mol. The molecule has 0 unspecified atom stereocenters. The summed E-state index contributed by atoms with van der Waals surface area (Å²) in [6.45, 7) is -0.198. The van der Waals surface area contributed by atoms with Gasteiger partial charge in [0.15, 0.2) is 6.61 Å². The molecule has 1 aliphatic rings. The molecule has 1 fully saturated rings. The standard InChI is InChI=1S/C22H24N4O5S/c1-26(18-7-3-2-4-8-18)32(28,29)19-11-9-16(10-12-19)22(27)30-15-20-24-21(25-31-20)17-6-5-13-23-14-17/h5-6,9-14,18H,2-4,7-8,15H2,1H3. The van der Waals surface area contributed by atoms with Crippen LogP contribution in [0.1, 0.15) is 48.4 Å². The zero-order chi connectivity index (χ0) is 22.6. The number of esters is 1. The predicted molar refractivity (Wildman–Crippen MR) is 115 cm³/mol. The molecule has 0 amide bonds. The molecule has 1 aromatic carbocycles. The van der Waals surface area contributed by atoms with Gasteiger partial charge in [0.2, 0.25) is 15.8 Å². The van der Waals surface area contributed by atoms with Gasteiger partial charge >= 0.3 is 5.97 Å². The Morgan fingerprint density at radius 2 is 1.91 bits per heavy atom. The lowest BCUT2D eigenvalue weighted by Crippen LogP contribution is -2.38. The SMILES string of the molecule is CN(C1CCCCC1)S(=O)(=O)c1ccc(C(=O)OCc2nc(-c3cccnc3)no2)cc1. The highest BCUT2D eigenvalue weighted by atomic mass is 32.2. The molecule has 0 spiro atoms. The number of benzene rings is 1. The number of sulfonamides is 1. The number of carbonyl (C=O) groups is 1. The highest BCUT2D eigenvalue weighted by Gasteiger charge is 2.29. The van der Waals surface area contributed by atoms with Crippen LogP contribution in [0.2, 0.25) is 0 Å². The molecule has 1 aliphatic carbocycles. The van der Waals surface area contributed by atoms with E-state index in [-0.39, 0.29) is 29.0 Å². The van der Waals surface area contributed by atoms with E-state index < -0.39 is 16.0 Å². The van der Waals surface area contributed by atoms with E-state index in [1.165, 1.54) is 28.6 Å². The van der Waals surface area contributed by atoms with E-state index in [9.17, 15) is 13.2 Å². The van der Waals surface area contributed by atoms with Crippen molar-refractivity contribution in [3.63, 3.8) is 0 Å². The fourth-order valence-corrected chi connectivity index (χ4v) is 5.12. The number of aromatic nitrogens is 3. The fourth-order valence-electron chi connectivity index (χ4n) is 3.71. The zero-order valence-electron chi connectivity index (χ0n) is 17.7. The largest absolute Gasteiger partial charge is 0.452 e. The summed E-state index contributed by atoms with van der Waals surface area (Å²) < 4.78 is 37.6. The Balaban J connectivity index is 1.37. The number of pyridine rings is 1. The van der Waals surface area contributed by atoms with Gasteiger partial charge in [0, 0.05) is 31.0 Å². The molecule has 9 nitrogen and oxygen atoms in total. The van der Waals surface area contributed by atoms with E-state index in [1.807, 2.05) is 0 Å². The molecule has 0 atom stereocenters. The normalized spacial score (nSPS) is 15.1. The van der Waals surface area contributed by atoms with Crippen molar-refractivity contribution in [2.75, 3.05) is 7.05 Å². The molecular formula is C22H24N4O5S. The van der Waals surface area contributed by atoms with E-state index in [1.54, 1.807) is 31.6 Å². The second kappa shape index (κ2) is 9.58. The first kappa shape index (κ1) is 22.1. The van der Waals surface area contributed by atoms with Gasteiger partial charge in [-0.15, -0.1) is 0 Å². The van der Waals surface area contributed by atoms with Crippen LogP contribution in [0.25, 0.3) is 11.4 Å². The van der Waals surface area contributed by atoms with Crippen LogP contribution in [0.15, 0.2) is 58.2 Å². The number of carbonyl (C=O) groups excluding carboxylic acids is 1. The molecule has 0 saturated heterocycles. The number of nitrogens with zero attached hydrogens (tertiary/aromatic N) is 4. The Morgan fingerprint density at radius 3 is 2.59 bits per heavy atom. The first-order chi connectivity index (χ1) is 15.4. The van der Waals surface area contributed by atoms with Crippen LogP contribution in [0, 0.1) is 0 Å². The molecule has 0 aliphatic heterocycles. The Bertz CT molecular complexity index is 1160. The van der Waals surface area contributed by atoms with Crippen LogP contribution < -0.4 is 0 Å². The Labute approximate surface area is 186 Å². The van der Waals surface area contributed by atoms with Crippen LogP contribution in [-0.2, 0) is 21.4 Å². The maximum absolute atomic E-state index is 12.9. The molecule has 1 saturated carbocycles. The van der Waals surface area contributed by atoms with Gasteiger partial charge in [0.25, 0.3) is 5.89 Å². The third-order valence-electron chi connectivity index (χ3n) is 5.57. The maximum atomic E-state index is 12.9. The highest BCUT2D eigenvalue weighted by molar-refractivity contribution is 7.89. The quantitative estimate of drug-likeness (QED) is 0.497. The number of hydrogen-bond acceptors (Lipinski definition) is 8. The van der Waals surface area contributed by atoms with E-state index in [2.05, 4.69) is 15.1 Å². The van der Waals surface area contributed by atoms with Gasteiger partial charge in [-0.2, -0.15) is 9.29 Å². The van der Waals surface area contributed by atoms with Crippen molar-refractivity contribution in [2.45, 2.75) is 49.6 Å². The summed E-state index contributed by atoms with van der Waals surface area (Å²) >= 11 is 0. The van der Waals surface area contributed by atoms with E-state index in [0.29, 0.717) is 11.4 Å². The van der Waals surface area contributed by atoms with Crippen molar-refractivity contribution in [3.8, 4) is 11.4 Å². The summed E-state index contributed by atoms with van der Waals surface area (Å²) in [5.74, 6) is -0.123. The van der Waals surface area contributed by atoms with Gasteiger partial charge in [0.05, 0.1) is 10.5 Å². The highest BCUT2D eigenvalue weighted by Crippen LogP contribution is 2.26. The van der Waals surface area contributed by atoms with Gasteiger partial charge in [0.1, 0.15) is 0 Å². The second-order valence-corrected chi connectivity index (χ2v) is 9.66. The van der Waals surface area contributed by atoms with Crippen molar-refractivity contribution < 1.29 is 22.5 Å². The lowest BCUT2D eigenvalue weighted by Gasteiger charge is -2.30. The lowest BCUT2D eigenvalue weighted by molar-refractivity contribution is 0.0429. The molecule has 0 radical (unpaired) electrons. The number of hydrogen-bond donors (Lipinski definition) is 0. The van der Waals surface area contributed by atoms with Gasteiger partial charge < -0.3 is 9.26 Å².